The first kappa shape index (κ1) is 18.3. The molecule has 0 aliphatic heterocycles. The van der Waals surface area contributed by atoms with Gasteiger partial charge in [0.15, 0.2) is 11.4 Å². The van der Waals surface area contributed by atoms with E-state index in [-0.39, 0.29) is 0 Å². The smallest absolute Gasteiger partial charge is 0.231 e. The number of benzene rings is 1. The molecule has 7 heteroatoms. The second kappa shape index (κ2) is 7.90. The van der Waals surface area contributed by atoms with Crippen LogP contribution < -0.4 is 9.47 Å². The van der Waals surface area contributed by atoms with Crippen molar-refractivity contribution in [2.75, 3.05) is 34.4 Å². The second-order valence-electron chi connectivity index (χ2n) is 6.96. The third-order valence-electron chi connectivity index (χ3n) is 4.57. The number of hydrogen-bond donors (Lipinski definition) is 0. The third-order valence-corrected chi connectivity index (χ3v) is 4.57. The van der Waals surface area contributed by atoms with Crippen LogP contribution in [0, 0.1) is 0 Å². The van der Waals surface area contributed by atoms with Gasteiger partial charge >= 0.3 is 0 Å². The molecule has 0 saturated carbocycles. The van der Waals surface area contributed by atoms with E-state index in [2.05, 4.69) is 29.1 Å². The summed E-state index contributed by atoms with van der Waals surface area (Å²) in [7, 11) is 5.79. The molecule has 1 aromatic carbocycles. The SMILES string of the molecule is COc1ccc2cc(-c3cnc4ccc(OCCCCN(C)C)nn34)oc2c1. The molecule has 0 fully saturated rings. The lowest BCUT2D eigenvalue weighted by molar-refractivity contribution is 0.280. The number of furan rings is 1. The van der Waals surface area contributed by atoms with Gasteiger partial charge < -0.3 is 18.8 Å². The largest absolute Gasteiger partial charge is 0.497 e. The van der Waals surface area contributed by atoms with E-state index >= 15 is 0 Å². The fraction of sp³-hybridized carbons (Fsp3) is 0.333. The van der Waals surface area contributed by atoms with Crippen molar-refractivity contribution in [3.05, 3.63) is 42.6 Å². The van der Waals surface area contributed by atoms with E-state index in [1.807, 2.05) is 36.4 Å². The lowest BCUT2D eigenvalue weighted by Gasteiger charge is -2.09. The van der Waals surface area contributed by atoms with E-state index < -0.39 is 0 Å². The van der Waals surface area contributed by atoms with E-state index in [9.17, 15) is 0 Å². The topological polar surface area (TPSA) is 65.0 Å². The molecular weight excluding hydrogens is 356 g/mol. The Balaban J connectivity index is 1.56. The zero-order valence-corrected chi connectivity index (χ0v) is 16.4. The molecular formula is C21H24N4O3. The van der Waals surface area contributed by atoms with Crippen molar-refractivity contribution in [2.45, 2.75) is 12.8 Å². The van der Waals surface area contributed by atoms with Crippen LogP contribution in [0.25, 0.3) is 28.1 Å². The molecule has 0 radical (unpaired) electrons. The van der Waals surface area contributed by atoms with Crippen LogP contribution >= 0.6 is 0 Å². The van der Waals surface area contributed by atoms with Crippen LogP contribution in [0.3, 0.4) is 0 Å². The minimum atomic E-state index is 0.578. The molecule has 0 bridgehead atoms. The van der Waals surface area contributed by atoms with Gasteiger partial charge in [0, 0.05) is 17.5 Å². The number of fused-ring (bicyclic) bond motifs is 2. The van der Waals surface area contributed by atoms with E-state index in [4.69, 9.17) is 13.9 Å². The maximum absolute atomic E-state index is 6.01. The monoisotopic (exact) mass is 380 g/mol. The van der Waals surface area contributed by atoms with Crippen molar-refractivity contribution in [1.29, 1.82) is 0 Å². The Morgan fingerprint density at radius 3 is 2.82 bits per heavy atom. The molecule has 0 amide bonds. The van der Waals surface area contributed by atoms with Crippen molar-refractivity contribution in [1.82, 2.24) is 19.5 Å². The zero-order valence-electron chi connectivity index (χ0n) is 16.4. The highest BCUT2D eigenvalue weighted by Gasteiger charge is 2.13. The molecule has 0 aliphatic rings. The average Bonchev–Trinajstić information content (AvgIpc) is 3.30. The lowest BCUT2D eigenvalue weighted by atomic mass is 10.2. The minimum absolute atomic E-state index is 0.578. The lowest BCUT2D eigenvalue weighted by Crippen LogP contribution is -2.14. The molecule has 3 heterocycles. The molecule has 0 unspecified atom stereocenters. The summed E-state index contributed by atoms with van der Waals surface area (Å²) in [5.74, 6) is 2.04. The standard InChI is InChI=1S/C21H24N4O3/c1-24(2)10-4-5-11-27-21-9-8-20-22-14-17(25(20)23-21)19-12-15-6-7-16(26-3)13-18(15)28-19/h6-9,12-14H,4-5,10-11H2,1-3H3. The summed E-state index contributed by atoms with van der Waals surface area (Å²) in [6.07, 6.45) is 3.84. The van der Waals surface area contributed by atoms with Gasteiger partial charge in [-0.3, -0.25) is 0 Å². The highest BCUT2D eigenvalue weighted by molar-refractivity contribution is 5.83. The zero-order chi connectivity index (χ0) is 19.5. The molecule has 4 rings (SSSR count). The summed E-state index contributed by atoms with van der Waals surface area (Å²) in [6.45, 7) is 1.69. The first-order valence-electron chi connectivity index (χ1n) is 9.34. The Kier molecular flexibility index (Phi) is 5.16. The fourth-order valence-corrected chi connectivity index (χ4v) is 3.07. The summed E-state index contributed by atoms with van der Waals surface area (Å²) >= 11 is 0. The minimum Gasteiger partial charge on any atom is -0.497 e. The van der Waals surface area contributed by atoms with Crippen LogP contribution in [0.5, 0.6) is 11.6 Å². The third kappa shape index (κ3) is 3.80. The van der Waals surface area contributed by atoms with Gasteiger partial charge in [0.05, 0.1) is 19.9 Å². The van der Waals surface area contributed by atoms with Gasteiger partial charge in [0.2, 0.25) is 5.88 Å². The number of unbranched alkanes of at least 4 members (excludes halogenated alkanes) is 1. The highest BCUT2D eigenvalue weighted by atomic mass is 16.5. The van der Waals surface area contributed by atoms with Crippen molar-refractivity contribution >= 4 is 16.6 Å². The molecule has 28 heavy (non-hydrogen) atoms. The van der Waals surface area contributed by atoms with Crippen molar-refractivity contribution in [3.8, 4) is 23.1 Å². The molecule has 146 valence electrons. The number of ether oxygens (including phenoxy) is 2. The van der Waals surface area contributed by atoms with Crippen molar-refractivity contribution < 1.29 is 13.9 Å². The van der Waals surface area contributed by atoms with Crippen LogP contribution in [-0.2, 0) is 0 Å². The van der Waals surface area contributed by atoms with Gasteiger partial charge in [0.25, 0.3) is 0 Å². The maximum atomic E-state index is 6.01. The van der Waals surface area contributed by atoms with E-state index in [0.29, 0.717) is 18.2 Å². The van der Waals surface area contributed by atoms with Crippen LogP contribution in [0.1, 0.15) is 12.8 Å². The van der Waals surface area contributed by atoms with Gasteiger partial charge in [-0.15, -0.1) is 5.10 Å². The summed E-state index contributed by atoms with van der Waals surface area (Å²) in [6, 6.07) is 11.5. The number of methoxy groups -OCH3 is 1. The Hall–Kier alpha value is -3.06. The Bertz CT molecular complexity index is 1080. The summed E-state index contributed by atoms with van der Waals surface area (Å²) < 4.78 is 18.9. The van der Waals surface area contributed by atoms with E-state index in [1.165, 1.54) is 0 Å². The maximum Gasteiger partial charge on any atom is 0.231 e. The molecule has 3 aromatic heterocycles. The average molecular weight is 380 g/mol. The van der Waals surface area contributed by atoms with Gasteiger partial charge in [-0.2, -0.15) is 0 Å². The van der Waals surface area contributed by atoms with Crippen LogP contribution in [0.15, 0.2) is 47.0 Å². The van der Waals surface area contributed by atoms with Gasteiger partial charge in [-0.1, -0.05) is 0 Å². The first-order valence-corrected chi connectivity index (χ1v) is 9.34. The molecule has 0 N–H and O–H groups in total. The normalized spacial score (nSPS) is 11.6. The number of rotatable bonds is 8. The number of aromatic nitrogens is 3. The second-order valence-corrected chi connectivity index (χ2v) is 6.96. The fourth-order valence-electron chi connectivity index (χ4n) is 3.07. The first-order chi connectivity index (χ1) is 13.6. The van der Waals surface area contributed by atoms with E-state index in [0.717, 1.165) is 47.4 Å². The Morgan fingerprint density at radius 2 is 2.00 bits per heavy atom. The number of hydrogen-bond acceptors (Lipinski definition) is 6. The summed E-state index contributed by atoms with van der Waals surface area (Å²) in [5, 5.41) is 5.58. The van der Waals surface area contributed by atoms with Gasteiger partial charge in [-0.25, -0.2) is 9.50 Å². The van der Waals surface area contributed by atoms with Crippen LogP contribution in [0.2, 0.25) is 0 Å². The molecule has 0 spiro atoms. The van der Waals surface area contributed by atoms with Crippen molar-refractivity contribution in [2.24, 2.45) is 0 Å². The molecule has 4 aromatic rings. The van der Waals surface area contributed by atoms with E-state index in [1.54, 1.807) is 17.8 Å². The van der Waals surface area contributed by atoms with Gasteiger partial charge in [0.1, 0.15) is 17.0 Å². The quantitative estimate of drug-likeness (QED) is 0.432. The summed E-state index contributed by atoms with van der Waals surface area (Å²) in [4.78, 5) is 6.60. The Morgan fingerprint density at radius 1 is 1.11 bits per heavy atom. The van der Waals surface area contributed by atoms with Crippen LogP contribution in [0.4, 0.5) is 0 Å². The molecule has 0 atom stereocenters. The van der Waals surface area contributed by atoms with Crippen LogP contribution in [-0.4, -0.2) is 53.9 Å². The molecule has 7 nitrogen and oxygen atoms in total. The number of nitrogens with zero attached hydrogens (tertiary/aromatic N) is 4. The predicted octanol–water partition coefficient (Wildman–Crippen LogP) is 3.87. The van der Waals surface area contributed by atoms with Gasteiger partial charge in [-0.05, 0) is 57.7 Å². The molecule has 0 saturated heterocycles. The molecule has 0 aliphatic carbocycles. The summed E-state index contributed by atoms with van der Waals surface area (Å²) in [5.41, 5.74) is 2.29. The van der Waals surface area contributed by atoms with Crippen molar-refractivity contribution in [3.63, 3.8) is 0 Å². The number of imidazole rings is 1. The Labute approximate surface area is 163 Å². The highest BCUT2D eigenvalue weighted by Crippen LogP contribution is 2.30. The predicted molar refractivity (Wildman–Crippen MR) is 108 cm³/mol.